The zero-order valence-electron chi connectivity index (χ0n) is 5.69. The molecule has 0 atom stereocenters. The van der Waals surface area contributed by atoms with Crippen LogP contribution in [-0.2, 0) is 0 Å². The van der Waals surface area contributed by atoms with E-state index in [2.05, 4.69) is 10.6 Å². The molecule has 2 fully saturated rings. The fourth-order valence-electron chi connectivity index (χ4n) is 1.63. The third-order valence-corrected chi connectivity index (χ3v) is 2.47. The molecule has 2 N–H and O–H groups in total. The highest BCUT2D eigenvalue weighted by Crippen LogP contribution is 2.28. The van der Waals surface area contributed by atoms with Gasteiger partial charge in [0.2, 0.25) is 0 Å². The Morgan fingerprint density at radius 1 is 1.00 bits per heavy atom. The van der Waals surface area contributed by atoms with Gasteiger partial charge in [0, 0.05) is 13.1 Å². The van der Waals surface area contributed by atoms with E-state index in [4.69, 9.17) is 0 Å². The van der Waals surface area contributed by atoms with Gasteiger partial charge in [0.15, 0.2) is 0 Å². The molecule has 1 saturated heterocycles. The minimum absolute atomic E-state index is 0.666. The van der Waals surface area contributed by atoms with Crippen LogP contribution < -0.4 is 10.6 Å². The molecular formula is C7H14N2. The molecular weight excluding hydrogens is 112 g/mol. The van der Waals surface area contributed by atoms with E-state index in [1.54, 1.807) is 0 Å². The maximum Gasteiger partial charge on any atom is 0.0601 e. The fourth-order valence-corrected chi connectivity index (χ4v) is 1.63. The van der Waals surface area contributed by atoms with Crippen molar-refractivity contribution < 1.29 is 0 Å². The molecule has 9 heavy (non-hydrogen) atoms. The third-order valence-electron chi connectivity index (χ3n) is 2.47. The second-order valence-corrected chi connectivity index (χ2v) is 3.08. The maximum atomic E-state index is 3.45. The number of hydrogen-bond donors (Lipinski definition) is 2. The molecule has 52 valence electrons. The van der Waals surface area contributed by atoms with Crippen molar-refractivity contribution in [2.24, 2.45) is 5.92 Å². The summed E-state index contributed by atoms with van der Waals surface area (Å²) in [7, 11) is 0. The lowest BCUT2D eigenvalue weighted by atomic mass is 9.83. The summed E-state index contributed by atoms with van der Waals surface area (Å²) in [6.07, 6.45) is 4.98. The van der Waals surface area contributed by atoms with Crippen LogP contribution in [0, 0.1) is 5.92 Å². The van der Waals surface area contributed by atoms with Gasteiger partial charge in [0.25, 0.3) is 0 Å². The highest BCUT2D eigenvalue weighted by molar-refractivity contribution is 4.84. The van der Waals surface area contributed by atoms with Crippen LogP contribution in [-0.4, -0.2) is 19.3 Å². The van der Waals surface area contributed by atoms with Gasteiger partial charge in [-0.1, -0.05) is 6.42 Å². The molecule has 0 unspecified atom stereocenters. The molecule has 2 nitrogen and oxygen atoms in total. The third kappa shape index (κ3) is 0.970. The molecule has 1 aliphatic carbocycles. The van der Waals surface area contributed by atoms with Gasteiger partial charge in [-0.2, -0.15) is 0 Å². The zero-order chi connectivity index (χ0) is 6.10. The van der Waals surface area contributed by atoms with Crippen LogP contribution in [0.1, 0.15) is 19.3 Å². The molecule has 1 heterocycles. The van der Waals surface area contributed by atoms with Crippen molar-refractivity contribution in [2.45, 2.75) is 25.4 Å². The molecule has 0 amide bonds. The molecule has 0 spiro atoms. The number of rotatable bonds is 1. The predicted molar refractivity (Wildman–Crippen MR) is 37.1 cm³/mol. The molecule has 2 heteroatoms. The molecule has 0 radical (unpaired) electrons. The second kappa shape index (κ2) is 2.27. The lowest BCUT2D eigenvalue weighted by molar-refractivity contribution is 0.230. The van der Waals surface area contributed by atoms with Crippen LogP contribution in [0.3, 0.4) is 0 Å². The molecule has 0 aromatic rings. The first-order valence-electron chi connectivity index (χ1n) is 3.93. The fraction of sp³-hybridized carbons (Fsp3) is 1.00. The Labute approximate surface area is 56.0 Å². The van der Waals surface area contributed by atoms with E-state index in [1.807, 2.05) is 0 Å². The topological polar surface area (TPSA) is 24.1 Å². The van der Waals surface area contributed by atoms with Crippen molar-refractivity contribution in [3.8, 4) is 0 Å². The van der Waals surface area contributed by atoms with E-state index in [9.17, 15) is 0 Å². The quantitative estimate of drug-likeness (QED) is 0.528. The summed E-state index contributed by atoms with van der Waals surface area (Å²) in [6, 6.07) is 0. The summed E-state index contributed by atoms with van der Waals surface area (Å²) in [6.45, 7) is 2.34. The first-order chi connectivity index (χ1) is 4.47. The van der Waals surface area contributed by atoms with Crippen molar-refractivity contribution >= 4 is 0 Å². The van der Waals surface area contributed by atoms with E-state index >= 15 is 0 Å². The van der Waals surface area contributed by atoms with Gasteiger partial charge in [-0.15, -0.1) is 0 Å². The van der Waals surface area contributed by atoms with Gasteiger partial charge in [0.1, 0.15) is 0 Å². The molecule has 0 bridgehead atoms. The second-order valence-electron chi connectivity index (χ2n) is 3.08. The van der Waals surface area contributed by atoms with Crippen molar-refractivity contribution in [1.82, 2.24) is 10.6 Å². The summed E-state index contributed by atoms with van der Waals surface area (Å²) in [5.41, 5.74) is 0. The summed E-state index contributed by atoms with van der Waals surface area (Å²) in [5.74, 6) is 0.951. The van der Waals surface area contributed by atoms with Crippen molar-refractivity contribution in [1.29, 1.82) is 0 Å². The maximum absolute atomic E-state index is 3.45. The average molecular weight is 126 g/mol. The molecule has 1 aliphatic heterocycles. The standard InChI is InChI=1S/C7H14N2/c1-2-6(3-1)7-8-4-5-9-7/h6-9H,1-5H2. The molecule has 0 aromatic heterocycles. The predicted octanol–water partition coefficient (Wildman–Crippen LogP) is 0.305. The largest absolute Gasteiger partial charge is 0.300 e. The van der Waals surface area contributed by atoms with Gasteiger partial charge in [-0.05, 0) is 18.8 Å². The average Bonchev–Trinajstić information content (AvgIpc) is 2.11. The van der Waals surface area contributed by atoms with Crippen LogP contribution in [0.25, 0.3) is 0 Å². The smallest absolute Gasteiger partial charge is 0.0601 e. The lowest BCUT2D eigenvalue weighted by Crippen LogP contribution is -2.41. The minimum Gasteiger partial charge on any atom is -0.300 e. The SMILES string of the molecule is C1CC(C2NCCN2)C1. The first kappa shape index (κ1) is 5.69. The van der Waals surface area contributed by atoms with Gasteiger partial charge < -0.3 is 10.6 Å². The molecule has 0 aromatic carbocycles. The highest BCUT2D eigenvalue weighted by atomic mass is 15.2. The van der Waals surface area contributed by atoms with Gasteiger partial charge >= 0.3 is 0 Å². The van der Waals surface area contributed by atoms with E-state index in [0.717, 1.165) is 5.92 Å². The summed E-state index contributed by atoms with van der Waals surface area (Å²) in [5, 5.41) is 6.89. The Balaban J connectivity index is 1.82. The van der Waals surface area contributed by atoms with Crippen LogP contribution in [0.5, 0.6) is 0 Å². The molecule has 2 aliphatic rings. The van der Waals surface area contributed by atoms with E-state index < -0.39 is 0 Å². The normalized spacial score (nSPS) is 30.7. The van der Waals surface area contributed by atoms with Crippen molar-refractivity contribution in [3.63, 3.8) is 0 Å². The monoisotopic (exact) mass is 126 g/mol. The Kier molecular flexibility index (Phi) is 1.44. The van der Waals surface area contributed by atoms with Gasteiger partial charge in [-0.3, -0.25) is 0 Å². The number of hydrogen-bond acceptors (Lipinski definition) is 2. The van der Waals surface area contributed by atoms with Crippen molar-refractivity contribution in [3.05, 3.63) is 0 Å². The Hall–Kier alpha value is -0.0800. The highest BCUT2D eigenvalue weighted by Gasteiger charge is 2.28. The van der Waals surface area contributed by atoms with Crippen LogP contribution in [0.15, 0.2) is 0 Å². The van der Waals surface area contributed by atoms with E-state index in [1.165, 1.54) is 32.4 Å². The van der Waals surface area contributed by atoms with Gasteiger partial charge in [0.05, 0.1) is 6.17 Å². The van der Waals surface area contributed by atoms with Gasteiger partial charge in [-0.25, -0.2) is 0 Å². The Bertz CT molecular complexity index is 93.1. The van der Waals surface area contributed by atoms with Crippen LogP contribution in [0.2, 0.25) is 0 Å². The lowest BCUT2D eigenvalue weighted by Gasteiger charge is -2.31. The summed E-state index contributed by atoms with van der Waals surface area (Å²) >= 11 is 0. The van der Waals surface area contributed by atoms with E-state index in [0.29, 0.717) is 6.17 Å². The van der Waals surface area contributed by atoms with E-state index in [-0.39, 0.29) is 0 Å². The summed E-state index contributed by atoms with van der Waals surface area (Å²) in [4.78, 5) is 0. The zero-order valence-corrected chi connectivity index (χ0v) is 5.69. The first-order valence-corrected chi connectivity index (χ1v) is 3.93. The molecule has 1 saturated carbocycles. The molecule has 2 rings (SSSR count). The summed E-state index contributed by atoms with van der Waals surface area (Å²) < 4.78 is 0. The van der Waals surface area contributed by atoms with Crippen LogP contribution in [0.4, 0.5) is 0 Å². The number of nitrogens with one attached hydrogen (secondary N) is 2. The van der Waals surface area contributed by atoms with Crippen LogP contribution >= 0.6 is 0 Å². The minimum atomic E-state index is 0.666. The Morgan fingerprint density at radius 3 is 2.11 bits per heavy atom. The Morgan fingerprint density at radius 2 is 1.67 bits per heavy atom. The van der Waals surface area contributed by atoms with Crippen molar-refractivity contribution in [2.75, 3.05) is 13.1 Å².